The zero-order valence-electron chi connectivity index (χ0n) is 19.5. The second-order valence-electron chi connectivity index (χ2n) is 8.92. The van der Waals surface area contributed by atoms with Crippen LogP contribution in [-0.4, -0.2) is 31.7 Å². The second-order valence-corrected chi connectivity index (χ2v) is 11.7. The first-order valence-corrected chi connectivity index (χ1v) is 13.9. The highest BCUT2D eigenvalue weighted by Gasteiger charge is 2.34. The number of nitrogens with one attached hydrogen (secondary N) is 1. The maximum atomic E-state index is 13.4. The Morgan fingerprint density at radius 1 is 0.971 bits per heavy atom. The predicted molar refractivity (Wildman–Crippen MR) is 141 cm³/mol. The molecule has 0 spiro atoms. The Labute approximate surface area is 217 Å². The van der Waals surface area contributed by atoms with Crippen LogP contribution in [0.4, 0.5) is 0 Å². The Kier molecular flexibility index (Phi) is 8.17. The third kappa shape index (κ3) is 6.25. The average molecular weight is 532 g/mol. The summed E-state index contributed by atoms with van der Waals surface area (Å²) in [5.74, 6) is -0.900. The fourth-order valence-electron chi connectivity index (χ4n) is 4.38. The van der Waals surface area contributed by atoms with E-state index in [0.29, 0.717) is 35.0 Å². The van der Waals surface area contributed by atoms with Gasteiger partial charge in [0.15, 0.2) is 0 Å². The molecule has 1 amide bonds. The lowest BCUT2D eigenvalue weighted by atomic mass is 9.94. The molecule has 1 fully saturated rings. The fourth-order valence-corrected chi connectivity index (χ4v) is 6.74. The summed E-state index contributed by atoms with van der Waals surface area (Å²) in [7, 11) is -3.70. The third-order valence-electron chi connectivity index (χ3n) is 6.37. The molecule has 3 aromatic rings. The lowest BCUT2D eigenvalue weighted by Gasteiger charge is -2.32. The number of carbonyl (C=O) groups is 1. The van der Waals surface area contributed by atoms with Crippen LogP contribution in [0.1, 0.15) is 41.1 Å². The highest BCUT2D eigenvalue weighted by Crippen LogP contribution is 2.30. The molecule has 0 bridgehead atoms. The molecule has 3 aromatic carbocycles. The first-order valence-electron chi connectivity index (χ1n) is 11.6. The Morgan fingerprint density at radius 2 is 1.60 bits per heavy atom. The number of hydrogen-bond donors (Lipinski definition) is 1. The van der Waals surface area contributed by atoms with Gasteiger partial charge in [-0.2, -0.15) is 0 Å². The van der Waals surface area contributed by atoms with Crippen molar-refractivity contribution >= 4 is 39.1 Å². The third-order valence-corrected chi connectivity index (χ3v) is 8.85. The van der Waals surface area contributed by atoms with Gasteiger partial charge in [0.25, 0.3) is 0 Å². The number of aryl methyl sites for hydroxylation is 1. The van der Waals surface area contributed by atoms with Gasteiger partial charge in [0, 0.05) is 28.7 Å². The highest BCUT2D eigenvalue weighted by atomic mass is 35.5. The van der Waals surface area contributed by atoms with Crippen LogP contribution in [0, 0.1) is 12.8 Å². The number of carbonyl (C=O) groups excluding carboxylic acids is 1. The van der Waals surface area contributed by atoms with Crippen molar-refractivity contribution in [1.82, 2.24) is 9.62 Å². The van der Waals surface area contributed by atoms with Gasteiger partial charge in [-0.05, 0) is 43.0 Å². The summed E-state index contributed by atoms with van der Waals surface area (Å²) in [5, 5.41) is 3.81. The molecular weight excluding hydrogens is 503 g/mol. The summed E-state index contributed by atoms with van der Waals surface area (Å²) in [6, 6.07) is 22.5. The zero-order valence-corrected chi connectivity index (χ0v) is 21.8. The van der Waals surface area contributed by atoms with Gasteiger partial charge < -0.3 is 5.32 Å². The molecule has 35 heavy (non-hydrogen) atoms. The minimum atomic E-state index is -3.70. The van der Waals surface area contributed by atoms with Crippen molar-refractivity contribution in [3.8, 4) is 0 Å². The van der Waals surface area contributed by atoms with Crippen LogP contribution in [0.25, 0.3) is 0 Å². The lowest BCUT2D eigenvalue weighted by molar-refractivity contribution is -0.126. The van der Waals surface area contributed by atoms with E-state index in [1.165, 1.54) is 4.31 Å². The Balaban J connectivity index is 1.51. The SMILES string of the molecule is Cc1ccc(C(NC(=O)C2CCCN(S(=O)(=O)Cc3c(Cl)cccc3Cl)C2)c2ccccc2)cc1. The number of halogens is 2. The van der Waals surface area contributed by atoms with Crippen LogP contribution in [-0.2, 0) is 20.6 Å². The van der Waals surface area contributed by atoms with Crippen molar-refractivity contribution in [3.63, 3.8) is 0 Å². The topological polar surface area (TPSA) is 66.5 Å². The summed E-state index contributed by atoms with van der Waals surface area (Å²) in [5.41, 5.74) is 3.46. The van der Waals surface area contributed by atoms with E-state index < -0.39 is 15.9 Å². The number of amides is 1. The van der Waals surface area contributed by atoms with Crippen molar-refractivity contribution in [2.45, 2.75) is 31.6 Å². The summed E-state index contributed by atoms with van der Waals surface area (Å²) >= 11 is 12.4. The van der Waals surface area contributed by atoms with E-state index in [9.17, 15) is 13.2 Å². The number of sulfonamides is 1. The van der Waals surface area contributed by atoms with E-state index in [0.717, 1.165) is 16.7 Å². The maximum Gasteiger partial charge on any atom is 0.225 e. The van der Waals surface area contributed by atoms with Crippen LogP contribution >= 0.6 is 23.2 Å². The summed E-state index contributed by atoms with van der Waals surface area (Å²) in [6.45, 7) is 2.52. The van der Waals surface area contributed by atoms with Crippen molar-refractivity contribution in [2.24, 2.45) is 5.92 Å². The first-order chi connectivity index (χ1) is 16.7. The Morgan fingerprint density at radius 3 is 2.26 bits per heavy atom. The molecule has 2 unspecified atom stereocenters. The van der Waals surface area contributed by atoms with Gasteiger partial charge in [-0.1, -0.05) is 89.4 Å². The summed E-state index contributed by atoms with van der Waals surface area (Å²) in [6.07, 6.45) is 1.23. The van der Waals surface area contributed by atoms with Gasteiger partial charge >= 0.3 is 0 Å². The first kappa shape index (κ1) is 25.7. The van der Waals surface area contributed by atoms with Gasteiger partial charge in [-0.25, -0.2) is 12.7 Å². The van der Waals surface area contributed by atoms with Gasteiger partial charge in [-0.15, -0.1) is 0 Å². The van der Waals surface area contributed by atoms with Crippen molar-refractivity contribution in [3.05, 3.63) is 105 Å². The van der Waals surface area contributed by atoms with Gasteiger partial charge in [-0.3, -0.25) is 4.79 Å². The molecule has 0 saturated carbocycles. The molecule has 184 valence electrons. The normalized spacial score (nSPS) is 17.6. The number of nitrogens with zero attached hydrogens (tertiary/aromatic N) is 1. The molecular formula is C27H28Cl2N2O3S. The van der Waals surface area contributed by atoms with Gasteiger partial charge in [0.1, 0.15) is 0 Å². The molecule has 1 N–H and O–H groups in total. The van der Waals surface area contributed by atoms with E-state index in [4.69, 9.17) is 23.2 Å². The molecule has 8 heteroatoms. The molecule has 1 heterocycles. The largest absolute Gasteiger partial charge is 0.345 e. The van der Waals surface area contributed by atoms with Gasteiger partial charge in [0.2, 0.25) is 15.9 Å². The molecule has 0 aliphatic carbocycles. The fraction of sp³-hybridized carbons (Fsp3) is 0.296. The van der Waals surface area contributed by atoms with Crippen LogP contribution < -0.4 is 5.32 Å². The van der Waals surface area contributed by atoms with E-state index in [2.05, 4.69) is 5.32 Å². The molecule has 0 radical (unpaired) electrons. The minimum absolute atomic E-state index is 0.131. The molecule has 1 aliphatic heterocycles. The molecule has 2 atom stereocenters. The van der Waals surface area contributed by atoms with Crippen LogP contribution in [0.15, 0.2) is 72.8 Å². The molecule has 4 rings (SSSR count). The van der Waals surface area contributed by atoms with Crippen molar-refractivity contribution < 1.29 is 13.2 Å². The zero-order chi connectivity index (χ0) is 25.0. The maximum absolute atomic E-state index is 13.4. The van der Waals surface area contributed by atoms with E-state index >= 15 is 0 Å². The number of hydrogen-bond acceptors (Lipinski definition) is 3. The smallest absolute Gasteiger partial charge is 0.225 e. The molecule has 5 nitrogen and oxygen atoms in total. The molecule has 1 aliphatic rings. The Hall–Kier alpha value is -2.38. The lowest BCUT2D eigenvalue weighted by Crippen LogP contribution is -2.46. The highest BCUT2D eigenvalue weighted by molar-refractivity contribution is 7.88. The van der Waals surface area contributed by atoms with Crippen LogP contribution in [0.5, 0.6) is 0 Å². The molecule has 1 saturated heterocycles. The number of piperidine rings is 1. The van der Waals surface area contributed by atoms with Crippen molar-refractivity contribution in [1.29, 1.82) is 0 Å². The number of rotatable bonds is 7. The minimum Gasteiger partial charge on any atom is -0.345 e. The predicted octanol–water partition coefficient (Wildman–Crippen LogP) is 5.75. The van der Waals surface area contributed by atoms with E-state index in [1.807, 2.05) is 61.5 Å². The Bertz CT molecular complexity index is 1260. The second kappa shape index (κ2) is 11.1. The van der Waals surface area contributed by atoms with Crippen LogP contribution in [0.2, 0.25) is 10.0 Å². The number of benzene rings is 3. The summed E-state index contributed by atoms with van der Waals surface area (Å²) < 4.78 is 27.8. The van der Waals surface area contributed by atoms with E-state index in [1.54, 1.807) is 18.2 Å². The summed E-state index contributed by atoms with van der Waals surface area (Å²) in [4.78, 5) is 13.4. The average Bonchev–Trinajstić information content (AvgIpc) is 2.86. The van der Waals surface area contributed by atoms with Crippen molar-refractivity contribution in [2.75, 3.05) is 13.1 Å². The van der Waals surface area contributed by atoms with Gasteiger partial charge in [0.05, 0.1) is 17.7 Å². The van der Waals surface area contributed by atoms with E-state index in [-0.39, 0.29) is 24.2 Å². The quantitative estimate of drug-likeness (QED) is 0.422. The monoisotopic (exact) mass is 530 g/mol. The standard InChI is InChI=1S/C27H28Cl2N2O3S/c1-19-12-14-21(15-13-19)26(20-7-3-2-4-8-20)30-27(32)22-9-6-16-31(17-22)35(33,34)18-23-24(28)10-5-11-25(23)29/h2-5,7-8,10-15,22,26H,6,9,16-18H2,1H3,(H,30,32). The van der Waals surface area contributed by atoms with Crippen LogP contribution in [0.3, 0.4) is 0 Å². The molecule has 0 aromatic heterocycles.